The van der Waals surface area contributed by atoms with Crippen LogP contribution in [0.3, 0.4) is 0 Å². The Morgan fingerprint density at radius 1 is 0.735 bits per heavy atom. The Morgan fingerprint density at radius 3 is 1.18 bits per heavy atom. The van der Waals surface area contributed by atoms with Crippen molar-refractivity contribution in [2.75, 3.05) is 26.2 Å². The first kappa shape index (κ1) is 38.7. The minimum Gasteiger partial charge on any atom is -0.481 e. The molecule has 0 aliphatic heterocycles. The van der Waals surface area contributed by atoms with Crippen LogP contribution in [-0.4, -0.2) is 105 Å². The number of rotatable bonds is 14. The average Bonchev–Trinajstić information content (AvgIpc) is 2.59. The molecule has 204 valence electrons. The number of hydrogen-bond donors (Lipinski definition) is 12. The van der Waals surface area contributed by atoms with Gasteiger partial charge in [0.15, 0.2) is 0 Å². The topological polar surface area (TPSA) is 354 Å². The van der Waals surface area contributed by atoms with Gasteiger partial charge in [0.2, 0.25) is 0 Å². The minimum atomic E-state index is -2.54. The minimum absolute atomic E-state index is 0. The largest absolute Gasteiger partial charge is 0.481 e. The smallest absolute Gasteiger partial charge is 0.324 e. The zero-order valence-corrected chi connectivity index (χ0v) is 19.1. The van der Waals surface area contributed by atoms with Gasteiger partial charge in [-0.05, 0) is 0 Å². The molecule has 0 aromatic carbocycles. The fourth-order valence-electron chi connectivity index (χ4n) is 1.86. The van der Waals surface area contributed by atoms with Gasteiger partial charge in [-0.1, -0.05) is 0 Å². The van der Waals surface area contributed by atoms with Crippen molar-refractivity contribution < 1.29 is 59.3 Å². The summed E-state index contributed by atoms with van der Waals surface area (Å²) < 4.78 is 8.32. The number of carbonyl (C=O) groups excluding carboxylic acids is 2. The van der Waals surface area contributed by atoms with Crippen LogP contribution in [0, 0.1) is 0 Å². The fraction of sp³-hybridized carbons (Fsp3) is 0.750. The van der Waals surface area contributed by atoms with Crippen molar-refractivity contribution in [1.82, 2.24) is 22.9 Å². The lowest BCUT2D eigenvalue weighted by atomic mass is 10.2. The van der Waals surface area contributed by atoms with Gasteiger partial charge >= 0.3 is 35.8 Å². The molecule has 18 heteroatoms. The molecule has 0 aliphatic rings. The van der Waals surface area contributed by atoms with Gasteiger partial charge in [0.05, 0.1) is 25.9 Å². The Balaban J connectivity index is -0.000000250. The Morgan fingerprint density at radius 2 is 1.00 bits per heavy atom. The normalized spacial score (nSPS) is 12.5. The highest BCUT2D eigenvalue weighted by molar-refractivity contribution is 5.73. The van der Waals surface area contributed by atoms with E-state index in [0.29, 0.717) is 0 Å². The van der Waals surface area contributed by atoms with E-state index in [0.717, 1.165) is 13.8 Å². The zero-order chi connectivity index (χ0) is 25.5. The van der Waals surface area contributed by atoms with Gasteiger partial charge in [0.1, 0.15) is 0 Å². The number of nitrogens with one attached hydrogen (secondary N) is 2. The molecule has 0 aromatic heterocycles. The maximum absolute atomic E-state index is 11.0. The lowest BCUT2D eigenvalue weighted by Gasteiger charge is -2.18. The SMILES string of the molecule is CC(O)(O)OC(=O)CNC(CN)CC(=O)O.CC(O)(O)OC(=O)CNC(CN)CC(=O)O.N.N. The summed E-state index contributed by atoms with van der Waals surface area (Å²) in [6.45, 7) is 1.12. The molecule has 0 bridgehead atoms. The van der Waals surface area contributed by atoms with Crippen LogP contribution in [0.5, 0.6) is 0 Å². The predicted molar refractivity (Wildman–Crippen MR) is 114 cm³/mol. The van der Waals surface area contributed by atoms with E-state index in [9.17, 15) is 19.2 Å². The maximum atomic E-state index is 11.0. The van der Waals surface area contributed by atoms with Gasteiger partial charge in [-0.25, -0.2) is 0 Å². The number of aliphatic hydroxyl groups is 4. The predicted octanol–water partition coefficient (Wildman–Crippen LogP) is -4.52. The molecule has 0 saturated carbocycles. The molecule has 18 N–H and O–H groups in total. The van der Waals surface area contributed by atoms with E-state index in [1.54, 1.807) is 0 Å². The van der Waals surface area contributed by atoms with Crippen LogP contribution < -0.4 is 34.4 Å². The molecule has 0 aromatic rings. The van der Waals surface area contributed by atoms with Crippen molar-refractivity contribution >= 4 is 23.9 Å². The second-order valence-corrected chi connectivity index (χ2v) is 6.64. The molecule has 34 heavy (non-hydrogen) atoms. The first-order chi connectivity index (χ1) is 14.5. The number of esters is 2. The fourth-order valence-corrected chi connectivity index (χ4v) is 1.86. The summed E-state index contributed by atoms with van der Waals surface area (Å²) in [7, 11) is 0. The molecule has 0 heterocycles. The number of carbonyl (C=O) groups is 4. The Hall–Kier alpha value is -2.52. The average molecular weight is 507 g/mol. The molecule has 0 rings (SSSR count). The van der Waals surface area contributed by atoms with E-state index in [1.165, 1.54) is 0 Å². The van der Waals surface area contributed by atoms with Crippen LogP contribution in [-0.2, 0) is 28.7 Å². The standard InChI is InChI=1S/2C8H16N2O6.2H3N/c2*1-8(14,15)16-7(13)4-10-5(3-9)2-6(11)12;;/h2*5,10,14-15H,2-4,9H2,1H3,(H,11,12);2*1H3. The quantitative estimate of drug-likeness (QED) is 0.0778. The number of carboxylic acids is 2. The lowest BCUT2D eigenvalue weighted by Crippen LogP contribution is -2.43. The molecule has 2 atom stereocenters. The van der Waals surface area contributed by atoms with Crippen LogP contribution in [0.1, 0.15) is 26.7 Å². The molecular weight excluding hydrogens is 468 g/mol. The van der Waals surface area contributed by atoms with Gasteiger partial charge in [0.25, 0.3) is 0 Å². The molecule has 0 radical (unpaired) electrons. The van der Waals surface area contributed by atoms with Crippen LogP contribution in [0.4, 0.5) is 0 Å². The third kappa shape index (κ3) is 27.5. The zero-order valence-electron chi connectivity index (χ0n) is 19.1. The molecule has 2 unspecified atom stereocenters. The van der Waals surface area contributed by atoms with E-state index in [1.807, 2.05) is 0 Å². The summed E-state index contributed by atoms with van der Waals surface area (Å²) in [6, 6.07) is -1.15. The third-order valence-electron chi connectivity index (χ3n) is 3.10. The number of aliphatic carboxylic acids is 2. The second-order valence-electron chi connectivity index (χ2n) is 6.64. The van der Waals surface area contributed by atoms with Gasteiger partial charge < -0.3 is 74.5 Å². The van der Waals surface area contributed by atoms with Gasteiger partial charge in [-0.15, -0.1) is 0 Å². The first-order valence-electron chi connectivity index (χ1n) is 9.12. The summed E-state index contributed by atoms with van der Waals surface area (Å²) in [6.07, 6.45) is -0.474. The highest BCUT2D eigenvalue weighted by Gasteiger charge is 2.22. The molecule has 0 saturated heterocycles. The van der Waals surface area contributed by atoms with E-state index >= 15 is 0 Å². The van der Waals surface area contributed by atoms with E-state index in [2.05, 4.69) is 20.1 Å². The van der Waals surface area contributed by atoms with Gasteiger partial charge in [-0.2, -0.15) is 0 Å². The summed E-state index contributed by atoms with van der Waals surface area (Å²) in [4.78, 5) is 42.6. The molecule has 18 nitrogen and oxygen atoms in total. The van der Waals surface area contributed by atoms with E-state index < -0.39 is 47.9 Å². The molecule has 0 fully saturated rings. The highest BCUT2D eigenvalue weighted by Crippen LogP contribution is 2.00. The molecular formula is C16H38N6O12. The van der Waals surface area contributed by atoms with Crippen molar-refractivity contribution in [2.24, 2.45) is 11.5 Å². The van der Waals surface area contributed by atoms with Crippen LogP contribution >= 0.6 is 0 Å². The lowest BCUT2D eigenvalue weighted by molar-refractivity contribution is -0.308. The monoisotopic (exact) mass is 506 g/mol. The summed E-state index contributed by atoms with van der Waals surface area (Å²) in [5, 5.41) is 56.9. The van der Waals surface area contributed by atoms with Crippen molar-refractivity contribution in [3.63, 3.8) is 0 Å². The van der Waals surface area contributed by atoms with Crippen molar-refractivity contribution in [3.8, 4) is 0 Å². The number of nitrogens with two attached hydrogens (primary N) is 2. The van der Waals surface area contributed by atoms with E-state index in [4.69, 9.17) is 42.1 Å². The Kier molecular flexibility index (Phi) is 21.5. The van der Waals surface area contributed by atoms with Crippen molar-refractivity contribution in [1.29, 1.82) is 0 Å². The Bertz CT molecular complexity index is 556. The highest BCUT2D eigenvalue weighted by atomic mass is 16.8. The maximum Gasteiger partial charge on any atom is 0.324 e. The van der Waals surface area contributed by atoms with Crippen molar-refractivity contribution in [2.45, 2.75) is 50.7 Å². The van der Waals surface area contributed by atoms with Crippen LogP contribution in [0.2, 0.25) is 0 Å². The number of carboxylic acid groups (broad SMARTS) is 2. The van der Waals surface area contributed by atoms with Crippen LogP contribution in [0.15, 0.2) is 0 Å². The second kappa shape index (κ2) is 18.9. The summed E-state index contributed by atoms with van der Waals surface area (Å²) in [5.74, 6) is -9.02. The van der Waals surface area contributed by atoms with Crippen LogP contribution in [0.25, 0.3) is 0 Å². The molecule has 0 aliphatic carbocycles. The van der Waals surface area contributed by atoms with Crippen molar-refractivity contribution in [3.05, 3.63) is 0 Å². The Labute approximate surface area is 195 Å². The molecule has 0 spiro atoms. The first-order valence-corrected chi connectivity index (χ1v) is 9.12. The summed E-state index contributed by atoms with van der Waals surface area (Å²) >= 11 is 0. The van der Waals surface area contributed by atoms with Gasteiger partial charge in [0, 0.05) is 39.0 Å². The van der Waals surface area contributed by atoms with Gasteiger partial charge in [-0.3, -0.25) is 19.2 Å². The number of hydrogen-bond acceptors (Lipinski definition) is 16. The number of ether oxygens (including phenoxy) is 2. The summed E-state index contributed by atoms with van der Waals surface area (Å²) in [5.41, 5.74) is 10.5. The van der Waals surface area contributed by atoms with E-state index in [-0.39, 0.29) is 51.3 Å². The molecule has 0 amide bonds. The third-order valence-corrected chi connectivity index (χ3v) is 3.10.